The first-order valence-electron chi connectivity index (χ1n) is 5.50. The van der Waals surface area contributed by atoms with Crippen molar-refractivity contribution in [3.8, 4) is 5.75 Å². The predicted octanol–water partition coefficient (Wildman–Crippen LogP) is 3.89. The number of alkyl halides is 1. The van der Waals surface area contributed by atoms with E-state index in [2.05, 4.69) is 26.0 Å². The molecule has 1 aromatic carbocycles. The van der Waals surface area contributed by atoms with E-state index in [1.54, 1.807) is 0 Å². The number of hydrogen-bond acceptors (Lipinski definition) is 1. The van der Waals surface area contributed by atoms with Crippen molar-refractivity contribution in [1.29, 1.82) is 0 Å². The van der Waals surface area contributed by atoms with E-state index in [1.807, 2.05) is 12.1 Å². The summed E-state index contributed by atoms with van der Waals surface area (Å²) < 4.78 is 5.58. The molecule has 0 spiro atoms. The molecule has 0 fully saturated rings. The zero-order valence-electron chi connectivity index (χ0n) is 9.50. The van der Waals surface area contributed by atoms with E-state index in [0.29, 0.717) is 18.4 Å². The molecule has 0 N–H and O–H groups in total. The lowest BCUT2D eigenvalue weighted by atomic mass is 10.0. The number of rotatable bonds is 6. The average Bonchev–Trinajstić information content (AvgIpc) is 2.18. The normalized spacial score (nSPS) is 10.7. The zero-order valence-corrected chi connectivity index (χ0v) is 10.3. The summed E-state index contributed by atoms with van der Waals surface area (Å²) in [7, 11) is 0. The Morgan fingerprint density at radius 1 is 1.33 bits per heavy atom. The van der Waals surface area contributed by atoms with E-state index >= 15 is 0 Å². The lowest BCUT2D eigenvalue weighted by molar-refractivity contribution is 0.318. The van der Waals surface area contributed by atoms with Gasteiger partial charge in [-0.15, -0.1) is 11.6 Å². The molecule has 0 unspecified atom stereocenters. The van der Waals surface area contributed by atoms with Gasteiger partial charge in [0.05, 0.1) is 6.61 Å². The standard InChI is InChI=1S/C13H19ClO/c1-11(2)9-12-5-3-6-13(10-12)15-8-4-7-14/h3,5-6,10-11H,4,7-9H2,1-2H3. The molecule has 0 saturated heterocycles. The van der Waals surface area contributed by atoms with Gasteiger partial charge in [0.2, 0.25) is 0 Å². The molecule has 84 valence electrons. The predicted molar refractivity (Wildman–Crippen MR) is 65.8 cm³/mol. The molecule has 0 amide bonds. The minimum atomic E-state index is 0.658. The Balaban J connectivity index is 2.50. The number of benzene rings is 1. The molecular weight excluding hydrogens is 208 g/mol. The van der Waals surface area contributed by atoms with Crippen molar-refractivity contribution in [3.63, 3.8) is 0 Å². The lowest BCUT2D eigenvalue weighted by Crippen LogP contribution is -1.99. The number of hydrogen-bond donors (Lipinski definition) is 0. The van der Waals surface area contributed by atoms with Gasteiger partial charge < -0.3 is 4.74 Å². The van der Waals surface area contributed by atoms with E-state index in [9.17, 15) is 0 Å². The molecule has 1 aromatic rings. The van der Waals surface area contributed by atoms with Gasteiger partial charge in [-0.2, -0.15) is 0 Å². The molecule has 0 bridgehead atoms. The SMILES string of the molecule is CC(C)Cc1cccc(OCCCCl)c1. The summed E-state index contributed by atoms with van der Waals surface area (Å²) in [6.07, 6.45) is 2.00. The molecule has 0 aromatic heterocycles. The van der Waals surface area contributed by atoms with Gasteiger partial charge in [-0.25, -0.2) is 0 Å². The maximum Gasteiger partial charge on any atom is 0.119 e. The van der Waals surface area contributed by atoms with E-state index in [1.165, 1.54) is 5.56 Å². The highest BCUT2D eigenvalue weighted by Gasteiger charge is 1.99. The third-order valence-electron chi connectivity index (χ3n) is 2.09. The Labute approximate surface area is 97.4 Å². The van der Waals surface area contributed by atoms with Gasteiger partial charge in [-0.3, -0.25) is 0 Å². The Kier molecular flexibility index (Phi) is 5.56. The first-order valence-corrected chi connectivity index (χ1v) is 6.03. The van der Waals surface area contributed by atoms with Gasteiger partial charge in [0.25, 0.3) is 0 Å². The molecule has 1 nitrogen and oxygen atoms in total. The van der Waals surface area contributed by atoms with Crippen LogP contribution in [0.25, 0.3) is 0 Å². The summed E-state index contributed by atoms with van der Waals surface area (Å²) in [6, 6.07) is 8.31. The van der Waals surface area contributed by atoms with Crippen LogP contribution in [0.5, 0.6) is 5.75 Å². The van der Waals surface area contributed by atoms with Crippen molar-refractivity contribution >= 4 is 11.6 Å². The third kappa shape index (κ3) is 5.08. The molecule has 15 heavy (non-hydrogen) atoms. The quantitative estimate of drug-likeness (QED) is 0.528. The second kappa shape index (κ2) is 6.73. The van der Waals surface area contributed by atoms with Crippen LogP contribution in [0.15, 0.2) is 24.3 Å². The molecule has 2 heteroatoms. The number of halogens is 1. The molecule has 0 atom stereocenters. The van der Waals surface area contributed by atoms with Crippen LogP contribution in [0.4, 0.5) is 0 Å². The summed E-state index contributed by atoms with van der Waals surface area (Å²) in [5.74, 6) is 2.30. The smallest absolute Gasteiger partial charge is 0.119 e. The molecule has 0 saturated carbocycles. The Bertz CT molecular complexity index is 284. The molecule has 0 aliphatic carbocycles. The second-order valence-electron chi connectivity index (χ2n) is 4.14. The van der Waals surface area contributed by atoms with Crippen LogP contribution in [0.1, 0.15) is 25.8 Å². The van der Waals surface area contributed by atoms with E-state index in [0.717, 1.165) is 18.6 Å². The van der Waals surface area contributed by atoms with Crippen LogP contribution < -0.4 is 4.74 Å². The molecule has 0 aliphatic rings. The summed E-state index contributed by atoms with van der Waals surface area (Å²) in [5, 5.41) is 0. The molecule has 0 aliphatic heterocycles. The maximum absolute atomic E-state index is 5.59. The van der Waals surface area contributed by atoms with Crippen molar-refractivity contribution in [2.24, 2.45) is 5.92 Å². The van der Waals surface area contributed by atoms with Crippen molar-refractivity contribution in [1.82, 2.24) is 0 Å². The van der Waals surface area contributed by atoms with E-state index < -0.39 is 0 Å². The van der Waals surface area contributed by atoms with E-state index in [4.69, 9.17) is 16.3 Å². The van der Waals surface area contributed by atoms with Crippen molar-refractivity contribution in [2.75, 3.05) is 12.5 Å². The summed E-state index contributed by atoms with van der Waals surface area (Å²) >= 11 is 5.59. The first-order chi connectivity index (χ1) is 7.22. The van der Waals surface area contributed by atoms with Crippen LogP contribution in [-0.2, 0) is 6.42 Å². The van der Waals surface area contributed by atoms with E-state index in [-0.39, 0.29) is 0 Å². The summed E-state index contributed by atoms with van der Waals surface area (Å²) in [5.41, 5.74) is 1.34. The zero-order chi connectivity index (χ0) is 11.1. The molecule has 0 heterocycles. The average molecular weight is 227 g/mol. The van der Waals surface area contributed by atoms with Crippen molar-refractivity contribution in [2.45, 2.75) is 26.7 Å². The highest BCUT2D eigenvalue weighted by Crippen LogP contribution is 2.16. The van der Waals surface area contributed by atoms with Crippen LogP contribution in [0, 0.1) is 5.92 Å². The molecule has 0 radical (unpaired) electrons. The molecule has 1 rings (SSSR count). The van der Waals surface area contributed by atoms with Gasteiger partial charge in [0, 0.05) is 5.88 Å². The monoisotopic (exact) mass is 226 g/mol. The topological polar surface area (TPSA) is 9.23 Å². The highest BCUT2D eigenvalue weighted by atomic mass is 35.5. The van der Waals surface area contributed by atoms with Crippen LogP contribution in [-0.4, -0.2) is 12.5 Å². The van der Waals surface area contributed by atoms with Gasteiger partial charge in [-0.1, -0.05) is 26.0 Å². The fourth-order valence-corrected chi connectivity index (χ4v) is 1.59. The minimum Gasteiger partial charge on any atom is -0.494 e. The fourth-order valence-electron chi connectivity index (χ4n) is 1.48. The highest BCUT2D eigenvalue weighted by molar-refractivity contribution is 6.17. The van der Waals surface area contributed by atoms with Crippen molar-refractivity contribution < 1.29 is 4.74 Å². The Morgan fingerprint density at radius 2 is 2.13 bits per heavy atom. The largest absolute Gasteiger partial charge is 0.494 e. The lowest BCUT2D eigenvalue weighted by Gasteiger charge is -2.08. The summed E-state index contributed by atoms with van der Waals surface area (Å²) in [6.45, 7) is 5.15. The van der Waals surface area contributed by atoms with Gasteiger partial charge in [0.15, 0.2) is 0 Å². The van der Waals surface area contributed by atoms with Gasteiger partial charge >= 0.3 is 0 Å². The maximum atomic E-state index is 5.59. The minimum absolute atomic E-state index is 0.658. The summed E-state index contributed by atoms with van der Waals surface area (Å²) in [4.78, 5) is 0. The van der Waals surface area contributed by atoms with Crippen LogP contribution in [0.3, 0.4) is 0 Å². The van der Waals surface area contributed by atoms with Crippen LogP contribution >= 0.6 is 11.6 Å². The Hall–Kier alpha value is -0.690. The fraction of sp³-hybridized carbons (Fsp3) is 0.538. The van der Waals surface area contributed by atoms with Gasteiger partial charge in [0.1, 0.15) is 5.75 Å². The second-order valence-corrected chi connectivity index (χ2v) is 4.51. The van der Waals surface area contributed by atoms with Crippen LogP contribution in [0.2, 0.25) is 0 Å². The van der Waals surface area contributed by atoms with Gasteiger partial charge in [-0.05, 0) is 36.5 Å². The third-order valence-corrected chi connectivity index (χ3v) is 2.36. The molecular formula is C13H19ClO. The number of ether oxygens (including phenoxy) is 1. The van der Waals surface area contributed by atoms with Crippen molar-refractivity contribution in [3.05, 3.63) is 29.8 Å². The first kappa shape index (κ1) is 12.4. The Morgan fingerprint density at radius 3 is 2.80 bits per heavy atom.